The van der Waals surface area contributed by atoms with Crippen molar-refractivity contribution in [1.29, 1.82) is 0 Å². The zero-order chi connectivity index (χ0) is 22.0. The Balaban J connectivity index is 1.99. The number of fused-ring (bicyclic) bond motifs is 3. The Hall–Kier alpha value is -2.48. The molecule has 0 radical (unpaired) electrons. The summed E-state index contributed by atoms with van der Waals surface area (Å²) in [5, 5.41) is 0. The minimum absolute atomic E-state index is 0.236. The summed E-state index contributed by atoms with van der Waals surface area (Å²) in [5.41, 5.74) is 9.59. The third-order valence-corrected chi connectivity index (χ3v) is 5.34. The zero-order valence-electron chi connectivity index (χ0n) is 20.1. The predicted octanol–water partition coefficient (Wildman–Crippen LogP) is 5.19. The van der Waals surface area contributed by atoms with Crippen LogP contribution in [0.3, 0.4) is 0 Å². The average molecular weight is 348 g/mol. The van der Waals surface area contributed by atoms with Gasteiger partial charge in [0, 0.05) is 34.8 Å². The Kier molecular flexibility index (Phi) is 2.98. The van der Waals surface area contributed by atoms with Gasteiger partial charge in [0.15, 0.2) is 6.20 Å². The third kappa shape index (κ3) is 2.56. The van der Waals surface area contributed by atoms with Crippen LogP contribution in [0, 0.1) is 20.7 Å². The molecule has 0 N–H and O–H groups in total. The van der Waals surface area contributed by atoms with E-state index >= 15 is 0 Å². The molecule has 0 aliphatic heterocycles. The van der Waals surface area contributed by atoms with Gasteiger partial charge in [-0.15, -0.1) is 0 Å². The van der Waals surface area contributed by atoms with Crippen molar-refractivity contribution < 1.29 is 10.1 Å². The highest BCUT2D eigenvalue weighted by Gasteiger charge is 2.28. The Morgan fingerprint density at radius 3 is 2.62 bits per heavy atom. The van der Waals surface area contributed by atoms with E-state index in [1.807, 2.05) is 30.7 Å². The van der Waals surface area contributed by atoms with Crippen LogP contribution < -0.4 is 4.57 Å². The lowest BCUT2D eigenvalue weighted by atomic mass is 9.91. The van der Waals surface area contributed by atoms with Gasteiger partial charge in [0.25, 0.3) is 0 Å². The van der Waals surface area contributed by atoms with Gasteiger partial charge in [-0.25, -0.2) is 4.57 Å². The van der Waals surface area contributed by atoms with Crippen LogP contribution in [0.25, 0.3) is 22.4 Å². The van der Waals surface area contributed by atoms with Crippen molar-refractivity contribution in [3.05, 3.63) is 70.2 Å². The SMILES string of the molecule is [2H]C([2H])([2H])c1c[n+](C)c(-c2c(C)ccc3c2Cc2nc(C)ccc2-3)cc1C([2H])(C)C. The van der Waals surface area contributed by atoms with E-state index in [-0.39, 0.29) is 5.56 Å². The maximum atomic E-state index is 8.59. The second-order valence-corrected chi connectivity index (χ2v) is 7.50. The van der Waals surface area contributed by atoms with E-state index in [4.69, 9.17) is 10.5 Å². The lowest BCUT2D eigenvalue weighted by molar-refractivity contribution is -0.660. The Bertz CT molecular complexity index is 1170. The van der Waals surface area contributed by atoms with Gasteiger partial charge in [-0.2, -0.15) is 0 Å². The molecule has 2 heteroatoms. The third-order valence-electron chi connectivity index (χ3n) is 5.34. The van der Waals surface area contributed by atoms with Gasteiger partial charge in [0.2, 0.25) is 5.69 Å². The highest BCUT2D eigenvalue weighted by atomic mass is 14.9. The maximum absolute atomic E-state index is 8.59. The minimum Gasteiger partial charge on any atom is -0.257 e. The largest absolute Gasteiger partial charge is 0.257 e. The van der Waals surface area contributed by atoms with Crippen molar-refractivity contribution in [3.8, 4) is 22.4 Å². The molecular formula is C24H27N2+. The molecule has 2 heterocycles. The molecule has 1 aliphatic rings. The van der Waals surface area contributed by atoms with Crippen molar-refractivity contribution in [2.75, 3.05) is 0 Å². The highest BCUT2D eigenvalue weighted by Crippen LogP contribution is 2.42. The number of pyridine rings is 2. The zero-order valence-corrected chi connectivity index (χ0v) is 16.1. The molecule has 4 rings (SSSR count). The standard InChI is InChI=1S/C24H27N2/c1-14(2)20-12-23(26(6)13-16(20)4)24-15(3)7-9-18-19-10-8-17(5)25-22(19)11-21(18)24/h7-10,12-14H,11H2,1-6H3/q+1/i4D3,14D. The average Bonchev–Trinajstić information content (AvgIpc) is 2.97. The summed E-state index contributed by atoms with van der Waals surface area (Å²) in [6, 6.07) is 10.4. The van der Waals surface area contributed by atoms with Crippen LogP contribution in [-0.2, 0) is 13.5 Å². The second-order valence-electron chi connectivity index (χ2n) is 7.50. The van der Waals surface area contributed by atoms with Crippen molar-refractivity contribution in [2.45, 2.75) is 46.9 Å². The first-order valence-electron chi connectivity index (χ1n) is 11.0. The van der Waals surface area contributed by atoms with Crippen LogP contribution in [0.2, 0.25) is 0 Å². The number of aromatic nitrogens is 2. The molecule has 26 heavy (non-hydrogen) atoms. The van der Waals surface area contributed by atoms with Gasteiger partial charge in [0.1, 0.15) is 7.05 Å². The van der Waals surface area contributed by atoms with Crippen LogP contribution in [0.5, 0.6) is 0 Å². The van der Waals surface area contributed by atoms with Gasteiger partial charge in [-0.1, -0.05) is 32.0 Å². The number of benzene rings is 1. The molecule has 0 atom stereocenters. The van der Waals surface area contributed by atoms with E-state index < -0.39 is 12.7 Å². The molecule has 0 fully saturated rings. The van der Waals surface area contributed by atoms with Crippen LogP contribution in [0.1, 0.15) is 58.9 Å². The summed E-state index contributed by atoms with van der Waals surface area (Å²) >= 11 is 0. The van der Waals surface area contributed by atoms with Crippen LogP contribution in [0.4, 0.5) is 0 Å². The molecule has 0 saturated heterocycles. The number of nitrogens with zero attached hydrogens (tertiary/aromatic N) is 2. The highest BCUT2D eigenvalue weighted by molar-refractivity contribution is 5.84. The molecule has 0 amide bonds. The van der Waals surface area contributed by atoms with Gasteiger partial charge < -0.3 is 0 Å². The van der Waals surface area contributed by atoms with E-state index in [9.17, 15) is 0 Å². The van der Waals surface area contributed by atoms with E-state index in [1.165, 1.54) is 16.7 Å². The van der Waals surface area contributed by atoms with E-state index in [1.54, 1.807) is 20.0 Å². The number of hydrogen-bond acceptors (Lipinski definition) is 1. The van der Waals surface area contributed by atoms with E-state index in [2.05, 4.69) is 25.1 Å². The fraction of sp³-hybridized carbons (Fsp3) is 0.333. The van der Waals surface area contributed by atoms with Crippen molar-refractivity contribution in [2.24, 2.45) is 7.05 Å². The first kappa shape index (κ1) is 12.8. The molecule has 0 saturated carbocycles. The predicted molar refractivity (Wildman–Crippen MR) is 107 cm³/mol. The molecule has 132 valence electrons. The summed E-state index contributed by atoms with van der Waals surface area (Å²) in [6.07, 6.45) is 2.43. The molecule has 2 nitrogen and oxygen atoms in total. The fourth-order valence-corrected chi connectivity index (χ4v) is 4.03. The smallest absolute Gasteiger partial charge is 0.213 e. The van der Waals surface area contributed by atoms with Gasteiger partial charge >= 0.3 is 0 Å². The normalized spacial score (nSPS) is 15.6. The lowest BCUT2D eigenvalue weighted by Gasteiger charge is -2.14. The van der Waals surface area contributed by atoms with Crippen molar-refractivity contribution >= 4 is 0 Å². The van der Waals surface area contributed by atoms with E-state index in [0.29, 0.717) is 5.56 Å². The monoisotopic (exact) mass is 347 g/mol. The quantitative estimate of drug-likeness (QED) is 0.456. The summed E-state index contributed by atoms with van der Waals surface area (Å²) in [4.78, 5) is 4.75. The van der Waals surface area contributed by atoms with Gasteiger partial charge in [-0.05, 0) is 54.9 Å². The molecule has 0 unspecified atom stereocenters. The molecule has 3 aromatic rings. The van der Waals surface area contributed by atoms with Gasteiger partial charge in [0.05, 0.1) is 11.3 Å². The molecule has 0 spiro atoms. The van der Waals surface area contributed by atoms with Crippen LogP contribution in [0.15, 0.2) is 36.5 Å². The minimum atomic E-state index is -2.27. The first-order valence-corrected chi connectivity index (χ1v) is 9.02. The fourth-order valence-electron chi connectivity index (χ4n) is 4.03. The second kappa shape index (κ2) is 6.05. The summed E-state index contributed by atoms with van der Waals surface area (Å²) in [5.74, 6) is -1.03. The topological polar surface area (TPSA) is 16.8 Å². The number of rotatable bonds is 2. The number of hydrogen-bond donors (Lipinski definition) is 0. The van der Waals surface area contributed by atoms with Gasteiger partial charge in [-0.3, -0.25) is 4.98 Å². The molecular weight excluding hydrogens is 316 g/mol. The van der Waals surface area contributed by atoms with Crippen LogP contribution >= 0.6 is 0 Å². The Morgan fingerprint density at radius 2 is 1.88 bits per heavy atom. The summed E-state index contributed by atoms with van der Waals surface area (Å²) < 4.78 is 34.4. The van der Waals surface area contributed by atoms with E-state index in [0.717, 1.165) is 34.6 Å². The van der Waals surface area contributed by atoms with Crippen LogP contribution in [-0.4, -0.2) is 4.98 Å². The molecule has 1 aliphatic carbocycles. The summed E-state index contributed by atoms with van der Waals surface area (Å²) in [7, 11) is 1.88. The lowest BCUT2D eigenvalue weighted by Crippen LogP contribution is -2.32. The summed E-state index contributed by atoms with van der Waals surface area (Å²) in [6.45, 7) is 5.31. The van der Waals surface area contributed by atoms with Crippen molar-refractivity contribution in [3.63, 3.8) is 0 Å². The van der Waals surface area contributed by atoms with Crippen molar-refractivity contribution in [1.82, 2.24) is 4.98 Å². The Morgan fingerprint density at radius 1 is 1.12 bits per heavy atom. The number of aryl methyl sites for hydroxylation is 4. The molecule has 1 aromatic carbocycles. The Labute approximate surface area is 162 Å². The first-order chi connectivity index (χ1) is 13.9. The maximum Gasteiger partial charge on any atom is 0.213 e. The molecule has 0 bridgehead atoms. The molecule has 2 aromatic heterocycles.